The van der Waals surface area contributed by atoms with Gasteiger partial charge in [0, 0.05) is 12.7 Å². The molecule has 180 valence electrons. The molecule has 5 rings (SSSR count). The largest absolute Gasteiger partial charge is 0.495 e. The summed E-state index contributed by atoms with van der Waals surface area (Å²) in [7, 11) is 1.66. The molecule has 0 amide bonds. The minimum absolute atomic E-state index is 0.446. The Morgan fingerprint density at radius 3 is 2.60 bits per heavy atom. The topological polar surface area (TPSA) is 78.0 Å². The summed E-state index contributed by atoms with van der Waals surface area (Å²) in [6.07, 6.45) is 9.05. The molecule has 0 spiro atoms. The number of methoxy groups -OCH3 is 1. The zero-order valence-electron chi connectivity index (χ0n) is 20.6. The molecule has 0 fully saturated rings. The van der Waals surface area contributed by atoms with Gasteiger partial charge in [0.2, 0.25) is 0 Å². The molecule has 0 radical (unpaired) electrons. The van der Waals surface area contributed by atoms with Crippen LogP contribution >= 0.6 is 0 Å². The van der Waals surface area contributed by atoms with Gasteiger partial charge in [-0.25, -0.2) is 14.6 Å². The fourth-order valence-electron chi connectivity index (χ4n) is 4.64. The number of benzene rings is 2. The van der Waals surface area contributed by atoms with Crippen LogP contribution in [0, 0.1) is 6.92 Å². The van der Waals surface area contributed by atoms with Crippen molar-refractivity contribution in [3.8, 4) is 11.4 Å². The van der Waals surface area contributed by atoms with Crippen molar-refractivity contribution in [1.29, 1.82) is 0 Å². The minimum atomic E-state index is -1.14. The van der Waals surface area contributed by atoms with Crippen LogP contribution in [0.4, 0.5) is 0 Å². The number of imidazole rings is 1. The van der Waals surface area contributed by atoms with Crippen LogP contribution in [0.25, 0.3) is 17.8 Å². The van der Waals surface area contributed by atoms with Crippen molar-refractivity contribution < 1.29 is 9.84 Å². The molecular formula is C28H31N5O2. The second-order valence-corrected chi connectivity index (χ2v) is 9.44. The first-order chi connectivity index (χ1) is 16.9. The van der Waals surface area contributed by atoms with E-state index in [1.54, 1.807) is 13.4 Å². The van der Waals surface area contributed by atoms with Crippen molar-refractivity contribution in [3.05, 3.63) is 89.0 Å². The summed E-state index contributed by atoms with van der Waals surface area (Å²) < 4.78 is 9.40. The molecule has 0 aliphatic carbocycles. The van der Waals surface area contributed by atoms with E-state index in [0.29, 0.717) is 24.0 Å². The molecule has 35 heavy (non-hydrogen) atoms. The smallest absolute Gasteiger partial charge is 0.174 e. The molecule has 1 N–H and O–H groups in total. The molecule has 4 aromatic rings. The number of aryl methyl sites for hydroxylation is 2. The Hall–Kier alpha value is -3.71. The first-order valence-electron chi connectivity index (χ1n) is 12.0. The standard InChI is InChI=1S/C28H31N5O2/c1-19(2)22-8-10-23(11-9-22)28(34)14-5-15-33-27(28)30-26(31-33)13-7-21-6-12-24(25(16-21)35-4)32-17-20(3)29-18-32/h6-13,16-19,34H,5,14-15H2,1-4H3/t28-/m0/s1. The highest BCUT2D eigenvalue weighted by molar-refractivity contribution is 5.69. The second-order valence-electron chi connectivity index (χ2n) is 9.44. The van der Waals surface area contributed by atoms with Gasteiger partial charge in [0.25, 0.3) is 0 Å². The number of hydrogen-bond acceptors (Lipinski definition) is 5. The number of aliphatic hydroxyl groups is 1. The normalized spacial score (nSPS) is 17.8. The van der Waals surface area contributed by atoms with Gasteiger partial charge in [-0.15, -0.1) is 0 Å². The molecule has 0 saturated carbocycles. The number of nitrogens with zero attached hydrogens (tertiary/aromatic N) is 5. The average molecular weight is 470 g/mol. The van der Waals surface area contributed by atoms with Crippen LogP contribution in [0.3, 0.4) is 0 Å². The molecule has 0 unspecified atom stereocenters. The van der Waals surface area contributed by atoms with E-state index >= 15 is 0 Å². The van der Waals surface area contributed by atoms with Gasteiger partial charge < -0.3 is 14.4 Å². The average Bonchev–Trinajstić information content (AvgIpc) is 3.49. The first kappa shape index (κ1) is 23.1. The Morgan fingerprint density at radius 2 is 1.91 bits per heavy atom. The van der Waals surface area contributed by atoms with Crippen molar-refractivity contribution in [3.63, 3.8) is 0 Å². The molecule has 0 bridgehead atoms. The SMILES string of the molecule is COc1cc(C=Cc2nc3n(n2)CCC[C@]3(O)c2ccc(C(C)C)cc2)ccc1-n1cnc(C)c1. The van der Waals surface area contributed by atoms with E-state index in [1.807, 2.05) is 64.9 Å². The summed E-state index contributed by atoms with van der Waals surface area (Å²) in [5.41, 5.74) is 3.82. The summed E-state index contributed by atoms with van der Waals surface area (Å²) in [5.74, 6) is 2.37. The second kappa shape index (κ2) is 9.15. The predicted molar refractivity (Wildman–Crippen MR) is 137 cm³/mol. The highest BCUT2D eigenvalue weighted by Crippen LogP contribution is 2.37. The van der Waals surface area contributed by atoms with Crippen molar-refractivity contribution in [2.45, 2.75) is 51.7 Å². The number of fused-ring (bicyclic) bond motifs is 1. The molecule has 7 nitrogen and oxygen atoms in total. The number of aromatic nitrogens is 5. The zero-order chi connectivity index (χ0) is 24.6. The lowest BCUT2D eigenvalue weighted by atomic mass is 9.85. The Labute approximate surface area is 205 Å². The summed E-state index contributed by atoms with van der Waals surface area (Å²) in [4.78, 5) is 9.03. The quantitative estimate of drug-likeness (QED) is 0.425. The van der Waals surface area contributed by atoms with Crippen molar-refractivity contribution in [2.75, 3.05) is 7.11 Å². The highest BCUT2D eigenvalue weighted by atomic mass is 16.5. The predicted octanol–water partition coefficient (Wildman–Crippen LogP) is 5.10. The Kier molecular flexibility index (Phi) is 6.03. The Bertz CT molecular complexity index is 1370. The van der Waals surface area contributed by atoms with Crippen LogP contribution in [0.5, 0.6) is 5.75 Å². The van der Waals surface area contributed by atoms with E-state index in [2.05, 4.69) is 36.1 Å². The van der Waals surface area contributed by atoms with Crippen molar-refractivity contribution in [2.24, 2.45) is 0 Å². The third kappa shape index (κ3) is 4.39. The third-order valence-electron chi connectivity index (χ3n) is 6.64. The fraction of sp³-hybridized carbons (Fsp3) is 0.321. The third-order valence-corrected chi connectivity index (χ3v) is 6.64. The molecule has 2 aromatic heterocycles. The van der Waals surface area contributed by atoms with Gasteiger partial charge in [0.05, 0.1) is 24.8 Å². The molecule has 0 saturated heterocycles. The van der Waals surface area contributed by atoms with Crippen LogP contribution < -0.4 is 4.74 Å². The molecule has 2 aromatic carbocycles. The Morgan fingerprint density at radius 1 is 1.11 bits per heavy atom. The molecular weight excluding hydrogens is 438 g/mol. The van der Waals surface area contributed by atoms with E-state index < -0.39 is 5.60 Å². The molecule has 1 aliphatic heterocycles. The van der Waals surface area contributed by atoms with Gasteiger partial charge in [-0.2, -0.15) is 5.10 Å². The van der Waals surface area contributed by atoms with Gasteiger partial charge in [-0.05, 0) is 60.6 Å². The molecule has 1 atom stereocenters. The number of ether oxygens (including phenoxy) is 1. The molecule has 1 aliphatic rings. The summed E-state index contributed by atoms with van der Waals surface area (Å²) in [6.45, 7) is 7.04. The Balaban J connectivity index is 1.42. The van der Waals surface area contributed by atoms with E-state index in [4.69, 9.17) is 9.72 Å². The van der Waals surface area contributed by atoms with Gasteiger partial charge in [0.1, 0.15) is 11.4 Å². The van der Waals surface area contributed by atoms with Crippen LogP contribution in [0.15, 0.2) is 55.0 Å². The first-order valence-corrected chi connectivity index (χ1v) is 12.0. The lowest BCUT2D eigenvalue weighted by Crippen LogP contribution is -2.35. The minimum Gasteiger partial charge on any atom is -0.495 e. The molecule has 3 heterocycles. The summed E-state index contributed by atoms with van der Waals surface area (Å²) in [5, 5.41) is 16.3. The van der Waals surface area contributed by atoms with Gasteiger partial charge >= 0.3 is 0 Å². The van der Waals surface area contributed by atoms with E-state index in [9.17, 15) is 5.11 Å². The van der Waals surface area contributed by atoms with Crippen LogP contribution in [-0.2, 0) is 12.1 Å². The summed E-state index contributed by atoms with van der Waals surface area (Å²) >= 11 is 0. The lowest BCUT2D eigenvalue weighted by Gasteiger charge is -2.32. The lowest BCUT2D eigenvalue weighted by molar-refractivity contribution is 0.0395. The van der Waals surface area contributed by atoms with Gasteiger partial charge in [-0.3, -0.25) is 0 Å². The number of hydrogen-bond donors (Lipinski definition) is 1. The van der Waals surface area contributed by atoms with E-state index in [1.165, 1.54) is 5.56 Å². The summed E-state index contributed by atoms with van der Waals surface area (Å²) in [6, 6.07) is 14.2. The van der Waals surface area contributed by atoms with Gasteiger partial charge in [-0.1, -0.05) is 50.3 Å². The van der Waals surface area contributed by atoms with Gasteiger partial charge in [0.15, 0.2) is 11.6 Å². The number of rotatable bonds is 6. The maximum atomic E-state index is 11.7. The van der Waals surface area contributed by atoms with E-state index in [0.717, 1.165) is 41.2 Å². The van der Waals surface area contributed by atoms with Crippen LogP contribution in [-0.4, -0.2) is 36.5 Å². The molecule has 7 heteroatoms. The maximum absolute atomic E-state index is 11.7. The van der Waals surface area contributed by atoms with Crippen molar-refractivity contribution in [1.82, 2.24) is 24.3 Å². The fourth-order valence-corrected chi connectivity index (χ4v) is 4.64. The highest BCUT2D eigenvalue weighted by Gasteiger charge is 2.39. The maximum Gasteiger partial charge on any atom is 0.174 e. The monoisotopic (exact) mass is 469 g/mol. The van der Waals surface area contributed by atoms with E-state index in [-0.39, 0.29) is 0 Å². The van der Waals surface area contributed by atoms with Crippen LogP contribution in [0.1, 0.15) is 66.6 Å². The van der Waals surface area contributed by atoms with Crippen LogP contribution in [0.2, 0.25) is 0 Å². The van der Waals surface area contributed by atoms with Crippen molar-refractivity contribution >= 4 is 12.2 Å². The zero-order valence-corrected chi connectivity index (χ0v) is 20.6.